The topological polar surface area (TPSA) is 156 Å². The SMILES string of the molecule is CCOP(=O)(CC(=O)O[C@@H](C(C)C)[C@@H](C)/C=C/[C@H]1C[C@@H](C[C@@H]2C[C@@H](C[C@@H]3C[C@@H](C[C@@H]4C[C@H](C/C=C/C=C/C=C/C=C/CO)OC(C)(C)O4)OC(C)(C)O3)OC(C)(C)O2)OC(C)(C)O1)OCC. The maximum atomic E-state index is 13.0. The Balaban J connectivity index is 1.34. The fourth-order valence-corrected chi connectivity index (χ4v) is 11.1. The number of rotatable bonds is 23. The normalized spacial score (nSPS) is 31.4. The predicted molar refractivity (Wildman–Crippen MR) is 255 cm³/mol. The van der Waals surface area contributed by atoms with E-state index in [2.05, 4.69) is 6.08 Å². The Morgan fingerprint density at radius 3 is 1.44 bits per heavy atom. The van der Waals surface area contributed by atoms with Crippen molar-refractivity contribution in [1.82, 2.24) is 0 Å². The van der Waals surface area contributed by atoms with Crippen molar-refractivity contribution < 1.29 is 66.1 Å². The Bertz CT molecular complexity index is 1670. The Morgan fingerprint density at radius 1 is 0.606 bits per heavy atom. The van der Waals surface area contributed by atoms with Crippen LogP contribution in [0, 0.1) is 11.8 Å². The maximum absolute atomic E-state index is 13.0. The van der Waals surface area contributed by atoms with Gasteiger partial charge in [-0.15, -0.1) is 0 Å². The number of hydrogen-bond donors (Lipinski definition) is 1. The van der Waals surface area contributed by atoms with Crippen LogP contribution >= 0.6 is 7.60 Å². The summed E-state index contributed by atoms with van der Waals surface area (Å²) in [5.74, 6) is -3.90. The van der Waals surface area contributed by atoms with Gasteiger partial charge < -0.3 is 56.8 Å². The number of hydrogen-bond acceptors (Lipinski definition) is 14. The molecule has 10 atom stereocenters. The van der Waals surface area contributed by atoms with Crippen LogP contribution in [0.2, 0.25) is 0 Å². The molecule has 0 amide bonds. The summed E-state index contributed by atoms with van der Waals surface area (Å²) in [4.78, 5) is 13.0. The van der Waals surface area contributed by atoms with E-state index in [0.29, 0.717) is 32.1 Å². The van der Waals surface area contributed by atoms with E-state index in [4.69, 9.17) is 56.8 Å². The van der Waals surface area contributed by atoms with E-state index in [1.54, 1.807) is 19.9 Å². The highest BCUT2D eigenvalue weighted by atomic mass is 31.2. The van der Waals surface area contributed by atoms with E-state index < -0.39 is 49.0 Å². The first-order valence-electron chi connectivity index (χ1n) is 24.4. The third-order valence-electron chi connectivity index (χ3n) is 11.6. The Labute approximate surface area is 396 Å². The van der Waals surface area contributed by atoms with E-state index >= 15 is 0 Å². The molecular weight excluding hydrogens is 868 g/mol. The summed E-state index contributed by atoms with van der Waals surface area (Å²) in [7, 11) is -3.59. The fraction of sp³-hybridized carbons (Fsp3) is 0.784. The van der Waals surface area contributed by atoms with Crippen LogP contribution in [0.1, 0.15) is 141 Å². The molecule has 0 aliphatic carbocycles. The summed E-state index contributed by atoms with van der Waals surface area (Å²) in [6, 6.07) is 0. The van der Waals surface area contributed by atoms with E-state index in [9.17, 15) is 9.36 Å². The molecule has 15 heteroatoms. The Morgan fingerprint density at radius 2 is 1.00 bits per heavy atom. The second-order valence-corrected chi connectivity index (χ2v) is 22.2. The van der Waals surface area contributed by atoms with Gasteiger partial charge in [-0.1, -0.05) is 81.5 Å². The lowest BCUT2D eigenvalue weighted by Crippen LogP contribution is -2.51. The predicted octanol–water partition coefficient (Wildman–Crippen LogP) is 10.4. The van der Waals surface area contributed by atoms with Crippen LogP contribution in [0.3, 0.4) is 0 Å². The molecular formula is C51H85O14P. The summed E-state index contributed by atoms with van der Waals surface area (Å²) >= 11 is 0. The molecule has 4 fully saturated rings. The lowest BCUT2D eigenvalue weighted by molar-refractivity contribution is -0.338. The Hall–Kier alpha value is -2.04. The molecule has 14 nitrogen and oxygen atoms in total. The van der Waals surface area contributed by atoms with Crippen LogP contribution in [-0.2, 0) is 61.0 Å². The van der Waals surface area contributed by atoms with Crippen LogP contribution in [0.15, 0.2) is 60.8 Å². The van der Waals surface area contributed by atoms with Gasteiger partial charge in [0.15, 0.2) is 23.1 Å². The van der Waals surface area contributed by atoms with Crippen LogP contribution in [0.5, 0.6) is 0 Å². The van der Waals surface area contributed by atoms with Gasteiger partial charge in [-0.05, 0) is 81.6 Å². The molecule has 4 rings (SSSR count). The number of carbonyl (C=O) groups is 1. The van der Waals surface area contributed by atoms with Gasteiger partial charge in [0, 0.05) is 50.9 Å². The highest BCUT2D eigenvalue weighted by Crippen LogP contribution is 2.48. The number of carbonyl (C=O) groups excluding carboxylic acids is 1. The molecule has 4 saturated heterocycles. The third-order valence-corrected chi connectivity index (χ3v) is 13.6. The van der Waals surface area contributed by atoms with Crippen molar-refractivity contribution in [3.05, 3.63) is 60.8 Å². The number of allylic oxidation sites excluding steroid dienone is 6. The molecule has 66 heavy (non-hydrogen) atoms. The summed E-state index contributed by atoms with van der Waals surface area (Å²) in [5.41, 5.74) is 0. The molecule has 0 spiro atoms. The van der Waals surface area contributed by atoms with Crippen LogP contribution in [0.25, 0.3) is 0 Å². The van der Waals surface area contributed by atoms with Crippen LogP contribution in [-0.4, -0.2) is 115 Å². The van der Waals surface area contributed by atoms with Crippen molar-refractivity contribution in [3.8, 4) is 0 Å². The number of esters is 1. The average molecular weight is 953 g/mol. The summed E-state index contributed by atoms with van der Waals surface area (Å²) in [6.07, 6.45) is 23.4. The zero-order valence-electron chi connectivity index (χ0n) is 42.3. The van der Waals surface area contributed by atoms with Crippen molar-refractivity contribution in [2.75, 3.05) is 26.0 Å². The number of ether oxygens (including phenoxy) is 9. The van der Waals surface area contributed by atoms with Gasteiger partial charge in [0.1, 0.15) is 12.3 Å². The van der Waals surface area contributed by atoms with Gasteiger partial charge in [0.05, 0.1) is 68.7 Å². The van der Waals surface area contributed by atoms with Gasteiger partial charge in [-0.2, -0.15) is 0 Å². The smallest absolute Gasteiger partial charge is 0.341 e. The molecule has 0 aromatic heterocycles. The first kappa shape index (κ1) is 56.5. The van der Waals surface area contributed by atoms with E-state index in [-0.39, 0.29) is 80.5 Å². The van der Waals surface area contributed by atoms with Gasteiger partial charge in [0.2, 0.25) is 0 Å². The van der Waals surface area contributed by atoms with Gasteiger partial charge in [-0.25, -0.2) is 0 Å². The van der Waals surface area contributed by atoms with Crippen molar-refractivity contribution in [2.24, 2.45) is 11.8 Å². The minimum absolute atomic E-state index is 0.00127. The van der Waals surface area contributed by atoms with Crippen LogP contribution in [0.4, 0.5) is 0 Å². The summed E-state index contributed by atoms with van der Waals surface area (Å²) in [5, 5.41) is 8.85. The Kier molecular flexibility index (Phi) is 22.0. The first-order valence-corrected chi connectivity index (χ1v) is 26.1. The molecule has 0 aromatic carbocycles. The van der Waals surface area contributed by atoms with E-state index in [1.807, 2.05) is 125 Å². The lowest BCUT2D eigenvalue weighted by atomic mass is 9.91. The van der Waals surface area contributed by atoms with Gasteiger partial charge >= 0.3 is 13.6 Å². The minimum atomic E-state index is -3.59. The van der Waals surface area contributed by atoms with Gasteiger partial charge in [-0.3, -0.25) is 9.36 Å². The second-order valence-electron chi connectivity index (χ2n) is 20.2. The third kappa shape index (κ3) is 20.1. The number of aliphatic hydroxyl groups is 1. The standard InChI is InChI=1S/C51H85O14P/c1-14-55-66(54,56-15-2)35-46(53)57-47(36(3)4)37(5)25-26-39-29-41(61-49(8,9)59-39)31-43-33-45(65-51(12,13)63-43)34-44-32-42(62-50(10,11)64-44)30-40-28-38(58-48(6,7)60-40)24-22-20-18-16-17-19-21-23-27-52/h16-23,25-26,36-45,47,52H,14-15,24,27-35H2,1-13H3/b18-16+,19-17+,22-20+,23-21+,26-25+/t37-,38-,39-,40-,41-,42+,43+,44-,45-,47-/m0/s1. The van der Waals surface area contributed by atoms with Crippen molar-refractivity contribution in [1.29, 1.82) is 0 Å². The minimum Gasteiger partial charge on any atom is -0.461 e. The molecule has 4 aliphatic heterocycles. The van der Waals surface area contributed by atoms with E-state index in [1.165, 1.54) is 0 Å². The van der Waals surface area contributed by atoms with Crippen LogP contribution < -0.4 is 0 Å². The molecule has 0 unspecified atom stereocenters. The van der Waals surface area contributed by atoms with E-state index in [0.717, 1.165) is 19.3 Å². The molecule has 0 saturated carbocycles. The zero-order valence-corrected chi connectivity index (χ0v) is 43.2. The van der Waals surface area contributed by atoms with Crippen molar-refractivity contribution >= 4 is 13.6 Å². The highest BCUT2D eigenvalue weighted by molar-refractivity contribution is 7.54. The molecule has 378 valence electrons. The molecule has 0 aromatic rings. The quantitative estimate of drug-likeness (QED) is 0.0447. The van der Waals surface area contributed by atoms with Crippen molar-refractivity contribution in [2.45, 2.75) is 219 Å². The average Bonchev–Trinajstić information content (AvgIpc) is 3.16. The maximum Gasteiger partial charge on any atom is 0.341 e. The lowest BCUT2D eigenvalue weighted by Gasteiger charge is -2.47. The summed E-state index contributed by atoms with van der Waals surface area (Å²) in [6.45, 7) is 25.5. The second kappa shape index (κ2) is 25.7. The molecule has 0 radical (unpaired) electrons. The van der Waals surface area contributed by atoms with Crippen molar-refractivity contribution in [3.63, 3.8) is 0 Å². The first-order chi connectivity index (χ1) is 30.9. The molecule has 0 bridgehead atoms. The number of aliphatic hydroxyl groups excluding tert-OH is 1. The highest BCUT2D eigenvalue weighted by Gasteiger charge is 2.45. The summed E-state index contributed by atoms with van der Waals surface area (Å²) < 4.78 is 81.4. The zero-order chi connectivity index (χ0) is 48.8. The molecule has 1 N–H and O–H groups in total. The fourth-order valence-electron chi connectivity index (χ4n) is 9.65. The largest absolute Gasteiger partial charge is 0.461 e. The monoisotopic (exact) mass is 953 g/mol. The van der Waals surface area contributed by atoms with Gasteiger partial charge in [0.25, 0.3) is 0 Å². The molecule has 4 heterocycles. The molecule has 4 aliphatic rings.